The zero-order valence-corrected chi connectivity index (χ0v) is 15.7. The van der Waals surface area contributed by atoms with Crippen molar-refractivity contribution in [2.45, 2.75) is 39.5 Å². The largest absolute Gasteiger partial charge is 0.378 e. The summed E-state index contributed by atoms with van der Waals surface area (Å²) in [4.78, 5) is 19.4. The molecule has 4 rings (SSSR count). The summed E-state index contributed by atoms with van der Waals surface area (Å²) in [5.74, 6) is 1.46. The van der Waals surface area contributed by atoms with Crippen LogP contribution in [0.15, 0.2) is 18.2 Å². The number of morpholine rings is 1. The van der Waals surface area contributed by atoms with Gasteiger partial charge in [-0.3, -0.25) is 0 Å². The molecule has 1 aliphatic heterocycles. The van der Waals surface area contributed by atoms with E-state index in [2.05, 4.69) is 24.8 Å². The molecule has 2 aliphatic rings. The molecule has 1 saturated heterocycles. The van der Waals surface area contributed by atoms with Gasteiger partial charge in [-0.05, 0) is 42.7 Å². The standard InChI is InChI=1S/C20H28N4O2/c1-14(2)12-20(6-7-20)13-17-22-18-15(23-8-10-26-11-9-23)4-3-5-16(18)24(17)19(21)25/h3-5,14H,6-13H2,1-2H3,(H2,21,25). The van der Waals surface area contributed by atoms with Crippen molar-refractivity contribution >= 4 is 22.8 Å². The third-order valence-electron chi connectivity index (χ3n) is 5.64. The number of aromatic nitrogens is 2. The summed E-state index contributed by atoms with van der Waals surface area (Å²) in [6.45, 7) is 7.64. The molecule has 1 aromatic heterocycles. The lowest BCUT2D eigenvalue weighted by Crippen LogP contribution is -2.36. The van der Waals surface area contributed by atoms with Gasteiger partial charge in [-0.1, -0.05) is 19.9 Å². The summed E-state index contributed by atoms with van der Waals surface area (Å²) in [5.41, 5.74) is 8.80. The minimum atomic E-state index is -0.443. The van der Waals surface area contributed by atoms with E-state index >= 15 is 0 Å². The Morgan fingerprint density at radius 1 is 1.31 bits per heavy atom. The Hall–Kier alpha value is -2.08. The Bertz CT molecular complexity index is 817. The molecule has 6 nitrogen and oxygen atoms in total. The van der Waals surface area contributed by atoms with Gasteiger partial charge in [0.25, 0.3) is 0 Å². The van der Waals surface area contributed by atoms with Gasteiger partial charge in [0, 0.05) is 19.5 Å². The van der Waals surface area contributed by atoms with Crippen LogP contribution in [0.5, 0.6) is 0 Å². The molecule has 2 aromatic rings. The summed E-state index contributed by atoms with van der Waals surface area (Å²) < 4.78 is 7.09. The van der Waals surface area contributed by atoms with Crippen molar-refractivity contribution in [2.75, 3.05) is 31.2 Å². The van der Waals surface area contributed by atoms with Gasteiger partial charge in [-0.25, -0.2) is 14.3 Å². The van der Waals surface area contributed by atoms with Crippen LogP contribution >= 0.6 is 0 Å². The number of para-hydroxylation sites is 1. The fourth-order valence-electron chi connectivity index (χ4n) is 4.39. The second-order valence-corrected chi connectivity index (χ2v) is 8.22. The van der Waals surface area contributed by atoms with E-state index < -0.39 is 6.03 Å². The molecule has 1 aliphatic carbocycles. The van der Waals surface area contributed by atoms with Crippen LogP contribution in [0.2, 0.25) is 0 Å². The molecule has 6 heteroatoms. The van der Waals surface area contributed by atoms with Crippen LogP contribution in [-0.4, -0.2) is 41.9 Å². The van der Waals surface area contributed by atoms with Crippen molar-refractivity contribution in [3.63, 3.8) is 0 Å². The summed E-state index contributed by atoms with van der Waals surface area (Å²) in [5, 5.41) is 0. The summed E-state index contributed by atoms with van der Waals surface area (Å²) in [6.07, 6.45) is 4.42. The summed E-state index contributed by atoms with van der Waals surface area (Å²) in [7, 11) is 0. The van der Waals surface area contributed by atoms with Gasteiger partial charge in [-0.15, -0.1) is 0 Å². The van der Waals surface area contributed by atoms with Gasteiger partial charge in [0.05, 0.1) is 24.4 Å². The Balaban J connectivity index is 1.75. The summed E-state index contributed by atoms with van der Waals surface area (Å²) >= 11 is 0. The molecule has 0 bridgehead atoms. The van der Waals surface area contributed by atoms with Crippen LogP contribution in [-0.2, 0) is 11.2 Å². The topological polar surface area (TPSA) is 73.4 Å². The average molecular weight is 356 g/mol. The highest BCUT2D eigenvalue weighted by Gasteiger charge is 2.44. The number of benzene rings is 1. The van der Waals surface area contributed by atoms with Gasteiger partial charge in [0.1, 0.15) is 11.3 Å². The molecule has 0 unspecified atom stereocenters. The fourth-order valence-corrected chi connectivity index (χ4v) is 4.39. The smallest absolute Gasteiger partial charge is 0.324 e. The average Bonchev–Trinajstić information content (AvgIpc) is 3.23. The van der Waals surface area contributed by atoms with Crippen molar-refractivity contribution in [3.05, 3.63) is 24.0 Å². The van der Waals surface area contributed by atoms with Crippen LogP contribution < -0.4 is 10.6 Å². The van der Waals surface area contributed by atoms with Crippen molar-refractivity contribution in [1.82, 2.24) is 9.55 Å². The first-order chi connectivity index (χ1) is 12.5. The number of amides is 1. The van der Waals surface area contributed by atoms with Gasteiger partial charge in [0.2, 0.25) is 0 Å². The van der Waals surface area contributed by atoms with Crippen molar-refractivity contribution in [2.24, 2.45) is 17.1 Å². The van der Waals surface area contributed by atoms with Gasteiger partial charge in [0.15, 0.2) is 0 Å². The number of nitrogens with two attached hydrogens (primary N) is 1. The molecule has 1 saturated carbocycles. The zero-order chi connectivity index (χ0) is 18.3. The minimum Gasteiger partial charge on any atom is -0.378 e. The molecular weight excluding hydrogens is 328 g/mol. The summed E-state index contributed by atoms with van der Waals surface area (Å²) in [6, 6.07) is 5.57. The van der Waals surface area contributed by atoms with Crippen LogP contribution in [0.1, 0.15) is 38.9 Å². The highest BCUT2D eigenvalue weighted by atomic mass is 16.5. The molecule has 1 amide bonds. The van der Waals surface area contributed by atoms with E-state index in [0.29, 0.717) is 11.3 Å². The predicted octanol–water partition coefficient (Wildman–Crippen LogP) is 3.17. The molecule has 0 radical (unpaired) electrons. The zero-order valence-electron chi connectivity index (χ0n) is 15.7. The van der Waals surface area contributed by atoms with Crippen LogP contribution in [0.3, 0.4) is 0 Å². The molecular formula is C20H28N4O2. The van der Waals surface area contributed by atoms with E-state index in [-0.39, 0.29) is 0 Å². The van der Waals surface area contributed by atoms with Crippen molar-refractivity contribution in [3.8, 4) is 0 Å². The van der Waals surface area contributed by atoms with Gasteiger partial charge in [-0.2, -0.15) is 0 Å². The Labute approximate surface area is 154 Å². The second-order valence-electron chi connectivity index (χ2n) is 8.22. The first-order valence-electron chi connectivity index (χ1n) is 9.62. The van der Waals surface area contributed by atoms with E-state index in [4.69, 9.17) is 15.5 Å². The molecule has 140 valence electrons. The first kappa shape index (κ1) is 17.3. The Morgan fingerprint density at radius 3 is 2.65 bits per heavy atom. The number of hydrogen-bond donors (Lipinski definition) is 1. The van der Waals surface area contributed by atoms with Gasteiger partial charge >= 0.3 is 6.03 Å². The lowest BCUT2D eigenvalue weighted by atomic mass is 9.91. The first-order valence-corrected chi connectivity index (χ1v) is 9.62. The monoisotopic (exact) mass is 356 g/mol. The van der Waals surface area contributed by atoms with E-state index in [0.717, 1.165) is 55.3 Å². The molecule has 2 N–H and O–H groups in total. The normalized spacial score (nSPS) is 19.3. The highest BCUT2D eigenvalue weighted by Crippen LogP contribution is 2.53. The van der Waals surface area contributed by atoms with Gasteiger partial charge < -0.3 is 15.4 Å². The van der Waals surface area contributed by atoms with Crippen molar-refractivity contribution < 1.29 is 9.53 Å². The van der Waals surface area contributed by atoms with Crippen LogP contribution in [0.4, 0.5) is 10.5 Å². The lowest BCUT2D eigenvalue weighted by molar-refractivity contribution is 0.123. The lowest BCUT2D eigenvalue weighted by Gasteiger charge is -2.28. The number of hydrogen-bond acceptors (Lipinski definition) is 4. The highest BCUT2D eigenvalue weighted by molar-refractivity contribution is 5.96. The molecule has 0 atom stereocenters. The number of imidazole rings is 1. The number of nitrogens with zero attached hydrogens (tertiary/aromatic N) is 3. The number of fused-ring (bicyclic) bond motifs is 1. The Morgan fingerprint density at radius 2 is 2.04 bits per heavy atom. The quantitative estimate of drug-likeness (QED) is 0.893. The maximum Gasteiger partial charge on any atom is 0.324 e. The van der Waals surface area contributed by atoms with Crippen LogP contribution in [0.25, 0.3) is 11.0 Å². The number of ether oxygens (including phenoxy) is 1. The maximum atomic E-state index is 12.2. The van der Waals surface area contributed by atoms with E-state index in [1.165, 1.54) is 19.3 Å². The predicted molar refractivity (Wildman–Crippen MR) is 103 cm³/mol. The molecule has 26 heavy (non-hydrogen) atoms. The number of carbonyl (C=O) groups excluding carboxylic acids is 1. The second kappa shape index (κ2) is 6.58. The van der Waals surface area contributed by atoms with E-state index in [1.807, 2.05) is 12.1 Å². The molecule has 0 spiro atoms. The number of carbonyl (C=O) groups is 1. The molecule has 2 fully saturated rings. The fraction of sp³-hybridized carbons (Fsp3) is 0.600. The Kier molecular flexibility index (Phi) is 4.39. The maximum absolute atomic E-state index is 12.2. The third kappa shape index (κ3) is 3.18. The number of primary amides is 1. The SMILES string of the molecule is CC(C)CC1(Cc2nc3c(N4CCOCC4)cccc3n2C(N)=O)CC1. The molecule has 1 aromatic carbocycles. The van der Waals surface area contributed by atoms with Crippen LogP contribution in [0, 0.1) is 11.3 Å². The third-order valence-corrected chi connectivity index (χ3v) is 5.64. The van der Waals surface area contributed by atoms with E-state index in [9.17, 15) is 4.79 Å². The molecule has 2 heterocycles. The van der Waals surface area contributed by atoms with Crippen molar-refractivity contribution in [1.29, 1.82) is 0 Å². The van der Waals surface area contributed by atoms with E-state index in [1.54, 1.807) is 4.57 Å². The minimum absolute atomic E-state index is 0.294. The number of anilines is 1. The number of rotatable bonds is 5.